The van der Waals surface area contributed by atoms with Crippen LogP contribution in [0.5, 0.6) is 5.75 Å². The van der Waals surface area contributed by atoms with Gasteiger partial charge in [0.2, 0.25) is 0 Å². The van der Waals surface area contributed by atoms with Crippen LogP contribution in [0.3, 0.4) is 0 Å². The molecule has 122 valence electrons. The van der Waals surface area contributed by atoms with Crippen molar-refractivity contribution in [3.63, 3.8) is 0 Å². The number of hydrogen-bond acceptors (Lipinski definition) is 3. The quantitative estimate of drug-likeness (QED) is 0.874. The first-order valence-corrected chi connectivity index (χ1v) is 8.31. The SMILES string of the molecule is C[C@H](Oc1cccc(Cl)c1)C(=O)NCCC1CCN(C)CC1. The van der Waals surface area contributed by atoms with Gasteiger partial charge in [-0.1, -0.05) is 17.7 Å². The molecule has 22 heavy (non-hydrogen) atoms. The maximum Gasteiger partial charge on any atom is 0.260 e. The van der Waals surface area contributed by atoms with E-state index in [9.17, 15) is 4.79 Å². The van der Waals surface area contributed by atoms with Crippen LogP contribution in [-0.2, 0) is 4.79 Å². The molecular weight excluding hydrogens is 300 g/mol. The largest absolute Gasteiger partial charge is 0.481 e. The van der Waals surface area contributed by atoms with Crippen molar-refractivity contribution in [3.8, 4) is 5.75 Å². The van der Waals surface area contributed by atoms with Gasteiger partial charge in [-0.15, -0.1) is 0 Å². The molecule has 0 spiro atoms. The summed E-state index contributed by atoms with van der Waals surface area (Å²) in [5.41, 5.74) is 0. The van der Waals surface area contributed by atoms with E-state index in [1.54, 1.807) is 25.1 Å². The molecule has 2 rings (SSSR count). The Hall–Kier alpha value is -1.26. The fourth-order valence-electron chi connectivity index (χ4n) is 2.69. The maximum atomic E-state index is 12.0. The van der Waals surface area contributed by atoms with E-state index in [0.29, 0.717) is 10.8 Å². The Morgan fingerprint density at radius 2 is 2.18 bits per heavy atom. The summed E-state index contributed by atoms with van der Waals surface area (Å²) < 4.78 is 5.61. The van der Waals surface area contributed by atoms with Gasteiger partial charge >= 0.3 is 0 Å². The van der Waals surface area contributed by atoms with Crippen LogP contribution in [0.1, 0.15) is 26.2 Å². The maximum absolute atomic E-state index is 12.0. The Kier molecular flexibility index (Phi) is 6.52. The number of rotatable bonds is 6. The molecule has 0 bridgehead atoms. The van der Waals surface area contributed by atoms with Crippen molar-refractivity contribution in [2.24, 2.45) is 5.92 Å². The van der Waals surface area contributed by atoms with Gasteiger partial charge in [0.1, 0.15) is 5.75 Å². The van der Waals surface area contributed by atoms with Crippen LogP contribution in [-0.4, -0.2) is 43.6 Å². The zero-order valence-corrected chi connectivity index (χ0v) is 14.1. The number of nitrogens with zero attached hydrogens (tertiary/aromatic N) is 1. The molecule has 1 aliphatic rings. The summed E-state index contributed by atoms with van der Waals surface area (Å²) in [7, 11) is 2.16. The fraction of sp³-hybridized carbons (Fsp3) is 0.588. The Morgan fingerprint density at radius 3 is 2.86 bits per heavy atom. The summed E-state index contributed by atoms with van der Waals surface area (Å²) in [5.74, 6) is 1.26. The first-order chi connectivity index (χ1) is 10.5. The average Bonchev–Trinajstić information content (AvgIpc) is 2.49. The van der Waals surface area contributed by atoms with Gasteiger partial charge in [-0.25, -0.2) is 0 Å². The number of carbonyl (C=O) groups excluding carboxylic acids is 1. The van der Waals surface area contributed by atoms with Gasteiger partial charge in [0.25, 0.3) is 5.91 Å². The van der Waals surface area contributed by atoms with E-state index in [4.69, 9.17) is 16.3 Å². The molecule has 1 N–H and O–H groups in total. The minimum atomic E-state index is -0.518. The first-order valence-electron chi connectivity index (χ1n) is 7.93. The Bertz CT molecular complexity index is 487. The van der Waals surface area contributed by atoms with Gasteiger partial charge in [0.15, 0.2) is 6.10 Å². The smallest absolute Gasteiger partial charge is 0.260 e. The molecule has 1 heterocycles. The number of nitrogens with one attached hydrogen (secondary N) is 1. The van der Waals surface area contributed by atoms with E-state index in [1.807, 2.05) is 6.07 Å². The Morgan fingerprint density at radius 1 is 1.45 bits per heavy atom. The average molecular weight is 325 g/mol. The second-order valence-corrected chi connectivity index (χ2v) is 6.48. The minimum Gasteiger partial charge on any atom is -0.481 e. The monoisotopic (exact) mass is 324 g/mol. The highest BCUT2D eigenvalue weighted by Gasteiger charge is 2.18. The molecule has 1 atom stereocenters. The van der Waals surface area contributed by atoms with Crippen molar-refractivity contribution in [3.05, 3.63) is 29.3 Å². The van der Waals surface area contributed by atoms with E-state index in [-0.39, 0.29) is 5.91 Å². The number of piperidine rings is 1. The first kappa shape index (κ1) is 17.1. The van der Waals surface area contributed by atoms with Gasteiger partial charge in [-0.05, 0) is 70.4 Å². The highest BCUT2D eigenvalue weighted by atomic mass is 35.5. The molecule has 1 saturated heterocycles. The number of likely N-dealkylation sites (tertiary alicyclic amines) is 1. The molecule has 1 fully saturated rings. The number of hydrogen-bond donors (Lipinski definition) is 1. The van der Waals surface area contributed by atoms with Crippen molar-refractivity contribution in [2.75, 3.05) is 26.7 Å². The van der Waals surface area contributed by atoms with Crippen molar-refractivity contribution in [1.82, 2.24) is 10.2 Å². The molecular formula is C17H25ClN2O2. The van der Waals surface area contributed by atoms with Crippen LogP contribution in [0, 0.1) is 5.92 Å². The van der Waals surface area contributed by atoms with Gasteiger partial charge in [0.05, 0.1) is 0 Å². The fourth-order valence-corrected chi connectivity index (χ4v) is 2.87. The van der Waals surface area contributed by atoms with Crippen LogP contribution in [0.2, 0.25) is 5.02 Å². The Balaban J connectivity index is 1.68. The number of ether oxygens (including phenoxy) is 1. The minimum absolute atomic E-state index is 0.0760. The van der Waals surface area contributed by atoms with E-state index in [0.717, 1.165) is 32.0 Å². The lowest BCUT2D eigenvalue weighted by Crippen LogP contribution is -2.38. The lowest BCUT2D eigenvalue weighted by molar-refractivity contribution is -0.127. The third-order valence-electron chi connectivity index (χ3n) is 4.17. The van der Waals surface area contributed by atoms with Crippen LogP contribution in [0.25, 0.3) is 0 Å². The highest BCUT2D eigenvalue weighted by Crippen LogP contribution is 2.19. The zero-order chi connectivity index (χ0) is 15.9. The molecule has 0 unspecified atom stereocenters. The zero-order valence-electron chi connectivity index (χ0n) is 13.3. The van der Waals surface area contributed by atoms with Crippen LogP contribution in [0.4, 0.5) is 0 Å². The number of halogens is 1. The summed E-state index contributed by atoms with van der Waals surface area (Å²) in [6, 6.07) is 7.10. The highest BCUT2D eigenvalue weighted by molar-refractivity contribution is 6.30. The second-order valence-electron chi connectivity index (χ2n) is 6.04. The second kappa shape index (κ2) is 8.39. The predicted molar refractivity (Wildman–Crippen MR) is 89.4 cm³/mol. The van der Waals surface area contributed by atoms with Crippen molar-refractivity contribution in [1.29, 1.82) is 0 Å². The van der Waals surface area contributed by atoms with Crippen molar-refractivity contribution < 1.29 is 9.53 Å². The van der Waals surface area contributed by atoms with E-state index >= 15 is 0 Å². The third-order valence-corrected chi connectivity index (χ3v) is 4.40. The number of amides is 1. The van der Waals surface area contributed by atoms with E-state index in [1.165, 1.54) is 12.8 Å². The molecule has 0 aromatic heterocycles. The molecule has 0 radical (unpaired) electrons. The molecule has 1 aromatic rings. The lowest BCUT2D eigenvalue weighted by atomic mass is 9.94. The molecule has 4 nitrogen and oxygen atoms in total. The van der Waals surface area contributed by atoms with Crippen molar-refractivity contribution in [2.45, 2.75) is 32.3 Å². The lowest BCUT2D eigenvalue weighted by Gasteiger charge is -2.29. The summed E-state index contributed by atoms with van der Waals surface area (Å²) in [4.78, 5) is 14.4. The number of benzene rings is 1. The topological polar surface area (TPSA) is 41.6 Å². The summed E-state index contributed by atoms with van der Waals surface area (Å²) in [6.07, 6.45) is 2.97. The molecule has 1 aliphatic heterocycles. The van der Waals surface area contributed by atoms with Gasteiger partial charge in [-0.2, -0.15) is 0 Å². The van der Waals surface area contributed by atoms with Crippen LogP contribution >= 0.6 is 11.6 Å². The summed E-state index contributed by atoms with van der Waals surface area (Å²) >= 11 is 5.90. The van der Waals surface area contributed by atoms with Gasteiger partial charge < -0.3 is 15.0 Å². The normalized spacial score (nSPS) is 18.0. The molecule has 1 amide bonds. The van der Waals surface area contributed by atoms with Crippen LogP contribution < -0.4 is 10.1 Å². The van der Waals surface area contributed by atoms with E-state index in [2.05, 4.69) is 17.3 Å². The van der Waals surface area contributed by atoms with Crippen molar-refractivity contribution >= 4 is 17.5 Å². The van der Waals surface area contributed by atoms with E-state index < -0.39 is 6.10 Å². The Labute approximate surface area is 137 Å². The standard InChI is InChI=1S/C17H25ClN2O2/c1-13(22-16-5-3-4-15(18)12-16)17(21)19-9-6-14-7-10-20(2)11-8-14/h3-5,12-14H,6-11H2,1-2H3,(H,19,21)/t13-/m0/s1. The molecule has 1 aromatic carbocycles. The summed E-state index contributed by atoms with van der Waals surface area (Å²) in [6.45, 7) is 4.79. The van der Waals surface area contributed by atoms with Gasteiger partial charge in [0, 0.05) is 11.6 Å². The predicted octanol–water partition coefficient (Wildman–Crippen LogP) is 2.96. The molecule has 0 aliphatic carbocycles. The molecule has 5 heteroatoms. The van der Waals surface area contributed by atoms with Gasteiger partial charge in [-0.3, -0.25) is 4.79 Å². The molecule has 0 saturated carbocycles. The van der Waals surface area contributed by atoms with Crippen LogP contribution in [0.15, 0.2) is 24.3 Å². The third kappa shape index (κ3) is 5.50. The number of carbonyl (C=O) groups is 1. The summed E-state index contributed by atoms with van der Waals surface area (Å²) in [5, 5.41) is 3.57.